The van der Waals surface area contributed by atoms with E-state index >= 15 is 0 Å². The fourth-order valence-electron chi connectivity index (χ4n) is 4.97. The van der Waals surface area contributed by atoms with Gasteiger partial charge in [0.2, 0.25) is 15.9 Å². The zero-order chi connectivity index (χ0) is 27.0. The first-order chi connectivity index (χ1) is 17.4. The number of sulfonamides is 1. The molecule has 1 amide bonds. The summed E-state index contributed by atoms with van der Waals surface area (Å²) >= 11 is 1.05. The molecule has 2 aromatic rings. The number of rotatable bonds is 6. The van der Waals surface area contributed by atoms with Crippen LogP contribution in [0.25, 0.3) is 0 Å². The molecule has 0 bridgehead atoms. The Labute approximate surface area is 222 Å². The van der Waals surface area contributed by atoms with Crippen LogP contribution in [-0.4, -0.2) is 58.6 Å². The van der Waals surface area contributed by atoms with Crippen LogP contribution in [-0.2, 0) is 21.4 Å². The lowest BCUT2D eigenvalue weighted by Crippen LogP contribution is -2.60. The summed E-state index contributed by atoms with van der Waals surface area (Å²) in [5.41, 5.74) is 0.0478. The molecule has 1 saturated carbocycles. The average Bonchev–Trinajstić information content (AvgIpc) is 3.50. The van der Waals surface area contributed by atoms with Crippen LogP contribution in [0.3, 0.4) is 0 Å². The van der Waals surface area contributed by atoms with Crippen LogP contribution in [0.1, 0.15) is 74.3 Å². The Balaban J connectivity index is 1.75. The molecule has 1 aliphatic heterocycles. The summed E-state index contributed by atoms with van der Waals surface area (Å²) in [6, 6.07) is 1.21. The fraction of sp³-hybridized carbons (Fsp3) is 0.577. The lowest BCUT2D eigenvalue weighted by molar-refractivity contribution is -0.121. The quantitative estimate of drug-likeness (QED) is 0.547. The van der Waals surface area contributed by atoms with Crippen molar-refractivity contribution in [3.63, 3.8) is 0 Å². The Bertz CT molecular complexity index is 1340. The molecule has 3 heterocycles. The highest BCUT2D eigenvalue weighted by molar-refractivity contribution is 7.89. The lowest BCUT2D eigenvalue weighted by Gasteiger charge is -2.44. The van der Waals surface area contributed by atoms with Crippen molar-refractivity contribution < 1.29 is 23.1 Å². The molecule has 1 atom stereocenters. The molecule has 1 saturated heterocycles. The van der Waals surface area contributed by atoms with Crippen molar-refractivity contribution in [3.8, 4) is 11.8 Å². The third-order valence-corrected chi connectivity index (χ3v) is 9.59. The molecule has 0 spiro atoms. The molecular weight excluding hydrogens is 512 g/mol. The van der Waals surface area contributed by atoms with Gasteiger partial charge >= 0.3 is 5.97 Å². The Morgan fingerprint density at radius 2 is 1.95 bits per heavy atom. The summed E-state index contributed by atoms with van der Waals surface area (Å²) in [6.45, 7) is 8.06. The van der Waals surface area contributed by atoms with Crippen LogP contribution < -0.4 is 4.90 Å². The normalized spacial score (nSPS) is 20.1. The molecule has 37 heavy (non-hydrogen) atoms. The standard InChI is InChI=1S/C26H34N4O5S2/c1-5-28-15-20(14-27-28)37(34,35)29-16-22(18-9-7-6-8-10-18)30(23(31)17-29)21-13-19(11-12-26(2,3)4)36-24(21)25(32)33/h13-15,18,22H,5-10,16-17H2,1-4H3,(H,32,33). The van der Waals surface area contributed by atoms with Gasteiger partial charge in [0.15, 0.2) is 0 Å². The first-order valence-electron chi connectivity index (χ1n) is 12.7. The summed E-state index contributed by atoms with van der Waals surface area (Å²) in [6.07, 6.45) is 7.60. The number of aromatic carboxylic acids is 1. The van der Waals surface area contributed by atoms with Crippen LogP contribution in [0.15, 0.2) is 23.4 Å². The third-order valence-electron chi connectivity index (χ3n) is 6.79. The molecule has 1 aliphatic carbocycles. The number of piperazine rings is 1. The smallest absolute Gasteiger partial charge is 0.348 e. The molecular formula is C26H34N4O5S2. The van der Waals surface area contributed by atoms with E-state index in [1.54, 1.807) is 11.0 Å². The van der Waals surface area contributed by atoms with Crippen LogP contribution in [0, 0.1) is 23.2 Å². The van der Waals surface area contributed by atoms with E-state index < -0.39 is 27.9 Å². The number of carbonyl (C=O) groups is 2. The molecule has 2 fully saturated rings. The molecule has 2 aliphatic rings. The van der Waals surface area contributed by atoms with E-state index in [1.165, 1.54) is 21.4 Å². The van der Waals surface area contributed by atoms with Crippen LogP contribution >= 0.6 is 11.3 Å². The van der Waals surface area contributed by atoms with Crippen molar-refractivity contribution in [2.24, 2.45) is 11.3 Å². The van der Waals surface area contributed by atoms with E-state index in [0.29, 0.717) is 17.1 Å². The Hall–Kier alpha value is -2.68. The number of nitrogens with zero attached hydrogens (tertiary/aromatic N) is 4. The maximum atomic E-state index is 13.7. The monoisotopic (exact) mass is 546 g/mol. The van der Waals surface area contributed by atoms with Crippen molar-refractivity contribution in [2.45, 2.75) is 77.3 Å². The summed E-state index contributed by atoms with van der Waals surface area (Å²) < 4.78 is 29.7. The largest absolute Gasteiger partial charge is 0.477 e. The first kappa shape index (κ1) is 27.4. The van der Waals surface area contributed by atoms with E-state index in [2.05, 4.69) is 16.9 Å². The highest BCUT2D eigenvalue weighted by Gasteiger charge is 2.44. The van der Waals surface area contributed by atoms with Crippen LogP contribution in [0.2, 0.25) is 0 Å². The van der Waals surface area contributed by atoms with Gasteiger partial charge in [0.25, 0.3) is 0 Å². The summed E-state index contributed by atoms with van der Waals surface area (Å²) in [4.78, 5) is 28.1. The van der Waals surface area contributed by atoms with Gasteiger partial charge in [-0.15, -0.1) is 11.3 Å². The molecule has 1 N–H and O–H groups in total. The molecule has 4 rings (SSSR count). The predicted octanol–water partition coefficient (Wildman–Crippen LogP) is 4.05. The van der Waals surface area contributed by atoms with Gasteiger partial charge in [0.1, 0.15) is 9.77 Å². The molecule has 0 aromatic carbocycles. The molecule has 2 aromatic heterocycles. The van der Waals surface area contributed by atoms with Crippen molar-refractivity contribution in [3.05, 3.63) is 28.2 Å². The van der Waals surface area contributed by atoms with Crippen molar-refractivity contribution >= 4 is 38.9 Å². The van der Waals surface area contributed by atoms with E-state index in [-0.39, 0.29) is 34.2 Å². The number of carboxylic acid groups (broad SMARTS) is 1. The zero-order valence-corrected chi connectivity index (χ0v) is 23.4. The van der Waals surface area contributed by atoms with Gasteiger partial charge in [0, 0.05) is 24.7 Å². The first-order valence-corrected chi connectivity index (χ1v) is 14.9. The number of carbonyl (C=O) groups excluding carboxylic acids is 1. The number of hydrogen-bond donors (Lipinski definition) is 1. The topological polar surface area (TPSA) is 113 Å². The van der Waals surface area contributed by atoms with E-state index in [1.807, 2.05) is 27.7 Å². The molecule has 200 valence electrons. The van der Waals surface area contributed by atoms with Gasteiger partial charge in [-0.1, -0.05) is 31.1 Å². The number of thiophene rings is 1. The predicted molar refractivity (Wildman–Crippen MR) is 142 cm³/mol. The van der Waals surface area contributed by atoms with Gasteiger partial charge in [0.05, 0.1) is 29.3 Å². The zero-order valence-electron chi connectivity index (χ0n) is 21.7. The van der Waals surface area contributed by atoms with E-state index in [0.717, 1.165) is 43.4 Å². The third kappa shape index (κ3) is 5.92. The maximum Gasteiger partial charge on any atom is 0.348 e. The number of anilines is 1. The van der Waals surface area contributed by atoms with Gasteiger partial charge in [-0.25, -0.2) is 13.2 Å². The van der Waals surface area contributed by atoms with Crippen LogP contribution in [0.4, 0.5) is 5.69 Å². The second-order valence-electron chi connectivity index (χ2n) is 10.7. The Morgan fingerprint density at radius 3 is 2.54 bits per heavy atom. The van der Waals surface area contributed by atoms with Crippen molar-refractivity contribution in [2.75, 3.05) is 18.0 Å². The van der Waals surface area contributed by atoms with E-state index in [4.69, 9.17) is 0 Å². The number of aromatic nitrogens is 2. The highest BCUT2D eigenvalue weighted by atomic mass is 32.2. The summed E-state index contributed by atoms with van der Waals surface area (Å²) in [5, 5.41) is 14.1. The minimum atomic E-state index is -3.94. The lowest BCUT2D eigenvalue weighted by atomic mass is 9.82. The van der Waals surface area contributed by atoms with Gasteiger partial charge in [-0.3, -0.25) is 9.48 Å². The average molecular weight is 547 g/mol. The van der Waals surface area contributed by atoms with E-state index in [9.17, 15) is 23.1 Å². The van der Waals surface area contributed by atoms with Crippen molar-refractivity contribution in [1.29, 1.82) is 0 Å². The minimum Gasteiger partial charge on any atom is -0.477 e. The maximum absolute atomic E-state index is 13.7. The number of amides is 1. The van der Waals surface area contributed by atoms with Gasteiger partial charge in [-0.05, 0) is 52.5 Å². The number of carboxylic acids is 1. The number of hydrogen-bond acceptors (Lipinski definition) is 6. The Morgan fingerprint density at radius 1 is 1.24 bits per heavy atom. The molecule has 9 nitrogen and oxygen atoms in total. The molecule has 1 unspecified atom stereocenters. The van der Waals surface area contributed by atoms with Gasteiger partial charge < -0.3 is 10.0 Å². The Kier molecular flexibility index (Phi) is 7.83. The number of aryl methyl sites for hydroxylation is 1. The fourth-order valence-corrected chi connectivity index (χ4v) is 7.17. The minimum absolute atomic E-state index is 0.0490. The van der Waals surface area contributed by atoms with Crippen molar-refractivity contribution in [1.82, 2.24) is 14.1 Å². The summed E-state index contributed by atoms with van der Waals surface area (Å²) in [7, 11) is -3.94. The van der Waals surface area contributed by atoms with Crippen LogP contribution in [0.5, 0.6) is 0 Å². The second kappa shape index (κ2) is 10.6. The second-order valence-corrected chi connectivity index (χ2v) is 13.7. The highest BCUT2D eigenvalue weighted by Crippen LogP contribution is 2.39. The van der Waals surface area contributed by atoms with Gasteiger partial charge in [-0.2, -0.15) is 9.40 Å². The molecule has 11 heteroatoms. The SMILES string of the molecule is CCn1cc(S(=O)(=O)N2CC(=O)N(c3cc(C#CC(C)(C)C)sc3C(=O)O)C(C3CCCCC3)C2)cn1. The molecule has 0 radical (unpaired) electrons. The summed E-state index contributed by atoms with van der Waals surface area (Å²) in [5.74, 6) is 4.71.